The van der Waals surface area contributed by atoms with Crippen LogP contribution >= 0.6 is 0 Å². The van der Waals surface area contributed by atoms with Gasteiger partial charge in [-0.2, -0.15) is 5.26 Å². The molecule has 33 heavy (non-hydrogen) atoms. The number of nitriles is 1. The second kappa shape index (κ2) is 11.3. The monoisotopic (exact) mass is 433 g/mol. The highest BCUT2D eigenvalue weighted by Crippen LogP contribution is 2.21. The zero-order valence-electron chi connectivity index (χ0n) is 19.4. The molecule has 0 bridgehead atoms. The van der Waals surface area contributed by atoms with Crippen molar-refractivity contribution in [1.82, 2.24) is 0 Å². The largest absolute Gasteiger partial charge is 0.489 e. The lowest BCUT2D eigenvalue weighted by molar-refractivity contribution is 0.306. The Bertz CT molecular complexity index is 1250. The highest BCUT2D eigenvalue weighted by atomic mass is 16.5. The second-order valence-electron chi connectivity index (χ2n) is 8.67. The first-order valence-electron chi connectivity index (χ1n) is 12.0. The number of hydrogen-bond acceptors (Lipinski definition) is 2. The molecule has 0 saturated heterocycles. The summed E-state index contributed by atoms with van der Waals surface area (Å²) in [4.78, 5) is 0. The van der Waals surface area contributed by atoms with Crippen LogP contribution in [0, 0.1) is 11.3 Å². The minimum atomic E-state index is 0.514. The van der Waals surface area contributed by atoms with Crippen LogP contribution in [0.1, 0.15) is 54.0 Å². The Kier molecular flexibility index (Phi) is 7.77. The highest BCUT2D eigenvalue weighted by Gasteiger charge is 2.07. The number of fused-ring (bicyclic) bond motifs is 1. The van der Waals surface area contributed by atoms with Crippen LogP contribution in [0.25, 0.3) is 10.8 Å². The standard InChI is InChI=1S/C31H31NO/c1-2-3-10-27-18-16-26(23-33-31-14-7-9-25(21-31)22-32)20-30(27)13-6-8-24-15-17-28-11-4-5-12-29(28)19-24/h4-5,7,9,11-12,14-21H,2-3,6,8,10,13,23H2,1H3. The fourth-order valence-corrected chi connectivity index (χ4v) is 4.31. The van der Waals surface area contributed by atoms with E-state index in [0.717, 1.165) is 31.4 Å². The maximum Gasteiger partial charge on any atom is 0.121 e. The Labute approximate surface area is 197 Å². The molecule has 0 fully saturated rings. The van der Waals surface area contributed by atoms with Crippen molar-refractivity contribution in [3.8, 4) is 11.8 Å². The van der Waals surface area contributed by atoms with Gasteiger partial charge >= 0.3 is 0 Å². The molecule has 0 aliphatic rings. The van der Waals surface area contributed by atoms with Crippen molar-refractivity contribution in [1.29, 1.82) is 5.26 Å². The van der Waals surface area contributed by atoms with Gasteiger partial charge in [0, 0.05) is 0 Å². The minimum absolute atomic E-state index is 0.514. The van der Waals surface area contributed by atoms with Crippen LogP contribution in [-0.2, 0) is 25.9 Å². The number of nitrogens with zero attached hydrogens (tertiary/aromatic N) is 1. The molecule has 4 aromatic carbocycles. The van der Waals surface area contributed by atoms with Gasteiger partial charge in [0.05, 0.1) is 11.6 Å². The Hall–Kier alpha value is -3.57. The number of ether oxygens (including phenoxy) is 1. The third kappa shape index (κ3) is 6.24. The molecule has 0 unspecified atom stereocenters. The lowest BCUT2D eigenvalue weighted by Gasteiger charge is -2.13. The zero-order valence-corrected chi connectivity index (χ0v) is 19.4. The minimum Gasteiger partial charge on any atom is -0.489 e. The third-order valence-electron chi connectivity index (χ3n) is 6.16. The van der Waals surface area contributed by atoms with Gasteiger partial charge in [-0.05, 0) is 83.3 Å². The molecule has 0 aliphatic heterocycles. The van der Waals surface area contributed by atoms with E-state index in [1.165, 1.54) is 45.9 Å². The quantitative estimate of drug-likeness (QED) is 0.255. The first-order valence-corrected chi connectivity index (χ1v) is 12.0. The van der Waals surface area contributed by atoms with Crippen molar-refractivity contribution in [3.63, 3.8) is 0 Å². The van der Waals surface area contributed by atoms with Crippen molar-refractivity contribution < 1.29 is 4.74 Å². The Morgan fingerprint density at radius 3 is 2.36 bits per heavy atom. The maximum atomic E-state index is 9.10. The molecule has 0 amide bonds. The molecule has 4 rings (SSSR count). The van der Waals surface area contributed by atoms with Gasteiger partial charge in [-0.1, -0.05) is 80.1 Å². The second-order valence-corrected chi connectivity index (χ2v) is 8.67. The molecular weight excluding hydrogens is 402 g/mol. The van der Waals surface area contributed by atoms with Crippen LogP contribution in [-0.4, -0.2) is 0 Å². The topological polar surface area (TPSA) is 33.0 Å². The summed E-state index contributed by atoms with van der Waals surface area (Å²) in [5.74, 6) is 0.738. The molecule has 0 atom stereocenters. The van der Waals surface area contributed by atoms with E-state index >= 15 is 0 Å². The number of aryl methyl sites for hydroxylation is 3. The number of hydrogen-bond donors (Lipinski definition) is 0. The number of benzene rings is 4. The van der Waals surface area contributed by atoms with E-state index in [2.05, 4.69) is 73.7 Å². The third-order valence-corrected chi connectivity index (χ3v) is 6.16. The van der Waals surface area contributed by atoms with Gasteiger partial charge in [0.25, 0.3) is 0 Å². The van der Waals surface area contributed by atoms with E-state index in [1.807, 2.05) is 12.1 Å². The van der Waals surface area contributed by atoms with Crippen LogP contribution in [0.4, 0.5) is 0 Å². The van der Waals surface area contributed by atoms with E-state index in [4.69, 9.17) is 10.00 Å². The summed E-state index contributed by atoms with van der Waals surface area (Å²) in [6.07, 6.45) is 6.84. The smallest absolute Gasteiger partial charge is 0.121 e. The van der Waals surface area contributed by atoms with Crippen LogP contribution < -0.4 is 4.74 Å². The van der Waals surface area contributed by atoms with Crippen molar-refractivity contribution in [2.45, 2.75) is 52.1 Å². The predicted octanol–water partition coefficient (Wildman–Crippen LogP) is 7.81. The number of unbranched alkanes of at least 4 members (excludes halogenated alkanes) is 1. The van der Waals surface area contributed by atoms with Crippen LogP contribution in [0.2, 0.25) is 0 Å². The normalized spacial score (nSPS) is 10.8. The van der Waals surface area contributed by atoms with Crippen LogP contribution in [0.5, 0.6) is 5.75 Å². The van der Waals surface area contributed by atoms with Gasteiger partial charge in [-0.3, -0.25) is 0 Å². The van der Waals surface area contributed by atoms with E-state index in [1.54, 1.807) is 12.1 Å². The molecule has 0 spiro atoms. The van der Waals surface area contributed by atoms with Gasteiger partial charge in [-0.15, -0.1) is 0 Å². The average Bonchev–Trinajstić information content (AvgIpc) is 2.87. The van der Waals surface area contributed by atoms with Crippen LogP contribution in [0.3, 0.4) is 0 Å². The summed E-state index contributed by atoms with van der Waals surface area (Å²) in [6, 6.07) is 31.7. The molecule has 0 saturated carbocycles. The number of rotatable bonds is 10. The summed E-state index contributed by atoms with van der Waals surface area (Å²) in [5.41, 5.74) is 6.11. The fourth-order valence-electron chi connectivity index (χ4n) is 4.31. The molecule has 0 aliphatic carbocycles. The molecule has 2 nitrogen and oxygen atoms in total. The van der Waals surface area contributed by atoms with Gasteiger partial charge in [0.1, 0.15) is 12.4 Å². The van der Waals surface area contributed by atoms with E-state index in [0.29, 0.717) is 12.2 Å². The van der Waals surface area contributed by atoms with Crippen molar-refractivity contribution in [2.24, 2.45) is 0 Å². The molecule has 2 heteroatoms. The SMILES string of the molecule is CCCCc1ccc(COc2cccc(C#N)c2)cc1CCCc1ccc2ccccc2c1. The Morgan fingerprint density at radius 2 is 1.52 bits per heavy atom. The fraction of sp³-hybridized carbons (Fsp3) is 0.258. The van der Waals surface area contributed by atoms with Gasteiger partial charge in [0.15, 0.2) is 0 Å². The molecular formula is C31H31NO. The first kappa shape index (κ1) is 22.6. The van der Waals surface area contributed by atoms with E-state index < -0.39 is 0 Å². The molecule has 0 heterocycles. The van der Waals surface area contributed by atoms with Crippen molar-refractivity contribution in [2.75, 3.05) is 0 Å². The molecule has 0 aromatic heterocycles. The van der Waals surface area contributed by atoms with Gasteiger partial charge in [0.2, 0.25) is 0 Å². The summed E-state index contributed by atoms with van der Waals surface area (Å²) in [6.45, 7) is 2.76. The molecule has 0 radical (unpaired) electrons. The molecule has 0 N–H and O–H groups in total. The van der Waals surface area contributed by atoms with E-state index in [-0.39, 0.29) is 0 Å². The Balaban J connectivity index is 1.43. The van der Waals surface area contributed by atoms with E-state index in [9.17, 15) is 0 Å². The van der Waals surface area contributed by atoms with Crippen molar-refractivity contribution in [3.05, 3.63) is 113 Å². The molecule has 166 valence electrons. The summed E-state index contributed by atoms with van der Waals surface area (Å²) < 4.78 is 5.97. The average molecular weight is 434 g/mol. The zero-order chi connectivity index (χ0) is 22.9. The molecule has 4 aromatic rings. The summed E-state index contributed by atoms with van der Waals surface area (Å²) in [5, 5.41) is 11.7. The lowest BCUT2D eigenvalue weighted by Crippen LogP contribution is -2.01. The lowest BCUT2D eigenvalue weighted by atomic mass is 9.94. The summed E-state index contributed by atoms with van der Waals surface area (Å²) >= 11 is 0. The van der Waals surface area contributed by atoms with Crippen molar-refractivity contribution >= 4 is 10.8 Å². The summed E-state index contributed by atoms with van der Waals surface area (Å²) in [7, 11) is 0. The van der Waals surface area contributed by atoms with Crippen LogP contribution in [0.15, 0.2) is 84.9 Å². The van der Waals surface area contributed by atoms with Gasteiger partial charge in [-0.25, -0.2) is 0 Å². The highest BCUT2D eigenvalue weighted by molar-refractivity contribution is 5.82. The first-order chi connectivity index (χ1) is 16.2. The Morgan fingerprint density at radius 1 is 0.697 bits per heavy atom. The predicted molar refractivity (Wildman–Crippen MR) is 137 cm³/mol. The van der Waals surface area contributed by atoms with Gasteiger partial charge < -0.3 is 4.74 Å². The maximum absolute atomic E-state index is 9.10.